The van der Waals surface area contributed by atoms with Gasteiger partial charge in [-0.25, -0.2) is 4.79 Å². The molecule has 3 N–H and O–H groups in total. The number of aromatic nitrogens is 1. The van der Waals surface area contributed by atoms with Gasteiger partial charge in [0.25, 0.3) is 0 Å². The summed E-state index contributed by atoms with van der Waals surface area (Å²) in [5, 5.41) is 14.7. The molecule has 1 aliphatic rings. The zero-order valence-corrected chi connectivity index (χ0v) is 10.1. The van der Waals surface area contributed by atoms with Crippen LogP contribution in [-0.4, -0.2) is 34.1 Å². The van der Waals surface area contributed by atoms with E-state index in [1.165, 1.54) is 18.5 Å². The second-order valence-corrected chi connectivity index (χ2v) is 4.58. The smallest absolute Gasteiger partial charge is 0.337 e. The van der Waals surface area contributed by atoms with Crippen LogP contribution in [0.3, 0.4) is 0 Å². The lowest BCUT2D eigenvalue weighted by molar-refractivity contribution is -0.121. The Bertz CT molecular complexity index is 481. The monoisotopic (exact) mass is 249 g/mol. The van der Waals surface area contributed by atoms with E-state index in [2.05, 4.69) is 15.6 Å². The summed E-state index contributed by atoms with van der Waals surface area (Å²) >= 11 is 0. The number of nitrogens with zero attached hydrogens (tertiary/aromatic N) is 1. The molecule has 0 saturated carbocycles. The van der Waals surface area contributed by atoms with Crippen LogP contribution in [0.25, 0.3) is 0 Å². The van der Waals surface area contributed by atoms with Gasteiger partial charge in [0.2, 0.25) is 5.91 Å². The van der Waals surface area contributed by atoms with E-state index in [1.807, 2.05) is 6.92 Å². The summed E-state index contributed by atoms with van der Waals surface area (Å²) in [6.45, 7) is 2.65. The molecule has 96 valence electrons. The first-order valence-corrected chi connectivity index (χ1v) is 5.76. The fourth-order valence-electron chi connectivity index (χ4n) is 1.98. The number of hydrogen-bond acceptors (Lipinski definition) is 4. The molecule has 2 rings (SSSR count). The first-order valence-electron chi connectivity index (χ1n) is 5.76. The van der Waals surface area contributed by atoms with Gasteiger partial charge in [-0.3, -0.25) is 9.78 Å². The van der Waals surface area contributed by atoms with Crippen LogP contribution in [-0.2, 0) is 4.79 Å². The Balaban J connectivity index is 2.11. The highest BCUT2D eigenvalue weighted by molar-refractivity contribution is 5.99. The van der Waals surface area contributed by atoms with E-state index in [-0.39, 0.29) is 11.5 Å². The van der Waals surface area contributed by atoms with Gasteiger partial charge in [0.1, 0.15) is 0 Å². The molecule has 6 nitrogen and oxygen atoms in total. The molecule has 0 spiro atoms. The zero-order valence-electron chi connectivity index (χ0n) is 10.1. The van der Waals surface area contributed by atoms with Crippen LogP contribution in [0, 0.1) is 0 Å². The number of nitrogens with one attached hydrogen (secondary N) is 2. The summed E-state index contributed by atoms with van der Waals surface area (Å²) in [6.07, 6.45) is 4.40. The van der Waals surface area contributed by atoms with E-state index < -0.39 is 11.5 Å². The van der Waals surface area contributed by atoms with Crippen molar-refractivity contribution in [2.45, 2.75) is 25.3 Å². The average Bonchev–Trinajstić information content (AvgIpc) is 2.78. The van der Waals surface area contributed by atoms with Gasteiger partial charge < -0.3 is 15.7 Å². The van der Waals surface area contributed by atoms with Gasteiger partial charge in [-0.1, -0.05) is 0 Å². The number of carbonyl (C=O) groups is 2. The zero-order chi connectivity index (χ0) is 13.2. The van der Waals surface area contributed by atoms with Crippen molar-refractivity contribution in [2.75, 3.05) is 11.9 Å². The van der Waals surface area contributed by atoms with Crippen molar-refractivity contribution in [1.82, 2.24) is 10.3 Å². The van der Waals surface area contributed by atoms with Crippen LogP contribution in [0.4, 0.5) is 5.69 Å². The Morgan fingerprint density at radius 1 is 1.50 bits per heavy atom. The minimum atomic E-state index is -1.07. The largest absolute Gasteiger partial charge is 0.478 e. The third-order valence-corrected chi connectivity index (χ3v) is 3.11. The molecular weight excluding hydrogens is 234 g/mol. The first-order chi connectivity index (χ1) is 8.51. The second-order valence-electron chi connectivity index (χ2n) is 4.58. The number of aromatic carboxylic acids is 1. The molecule has 18 heavy (non-hydrogen) atoms. The van der Waals surface area contributed by atoms with Crippen LogP contribution in [0.2, 0.25) is 0 Å². The lowest BCUT2D eigenvalue weighted by atomic mass is 9.99. The number of amides is 1. The molecule has 1 saturated heterocycles. The van der Waals surface area contributed by atoms with Gasteiger partial charge in [0.05, 0.1) is 23.0 Å². The number of anilines is 1. The molecule has 0 aliphatic carbocycles. The van der Waals surface area contributed by atoms with Crippen molar-refractivity contribution in [3.63, 3.8) is 0 Å². The Morgan fingerprint density at radius 2 is 2.28 bits per heavy atom. The van der Waals surface area contributed by atoms with Crippen molar-refractivity contribution in [3.8, 4) is 0 Å². The van der Waals surface area contributed by atoms with Crippen molar-refractivity contribution in [3.05, 3.63) is 24.0 Å². The molecule has 1 aromatic heterocycles. The van der Waals surface area contributed by atoms with Gasteiger partial charge in [0, 0.05) is 6.20 Å². The third kappa shape index (κ3) is 2.48. The number of rotatable bonds is 3. The predicted molar refractivity (Wildman–Crippen MR) is 65.5 cm³/mol. The third-order valence-electron chi connectivity index (χ3n) is 3.11. The van der Waals surface area contributed by atoms with Crippen LogP contribution in [0.5, 0.6) is 0 Å². The van der Waals surface area contributed by atoms with Gasteiger partial charge in [-0.2, -0.15) is 0 Å². The molecule has 0 bridgehead atoms. The standard InChI is InChI=1S/C12H15N3O3/c1-12(3-2-4-14-12)11(18)15-9-5-8(10(16)17)6-13-7-9/h5-7,14H,2-4H2,1H3,(H,15,18)(H,16,17). The number of hydrogen-bond donors (Lipinski definition) is 3. The maximum atomic E-state index is 12.1. The lowest BCUT2D eigenvalue weighted by Crippen LogP contribution is -2.48. The minimum Gasteiger partial charge on any atom is -0.478 e. The molecule has 1 amide bonds. The lowest BCUT2D eigenvalue weighted by Gasteiger charge is -2.22. The number of pyridine rings is 1. The highest BCUT2D eigenvalue weighted by Gasteiger charge is 2.35. The van der Waals surface area contributed by atoms with Gasteiger partial charge in [-0.15, -0.1) is 0 Å². The fraction of sp³-hybridized carbons (Fsp3) is 0.417. The highest BCUT2D eigenvalue weighted by Crippen LogP contribution is 2.20. The molecule has 1 atom stereocenters. The molecule has 1 unspecified atom stereocenters. The molecule has 2 heterocycles. The van der Waals surface area contributed by atoms with E-state index >= 15 is 0 Å². The normalized spacial score (nSPS) is 22.7. The van der Waals surface area contributed by atoms with Gasteiger partial charge in [0.15, 0.2) is 0 Å². The molecule has 1 aromatic rings. The molecule has 1 aliphatic heterocycles. The van der Waals surface area contributed by atoms with Crippen LogP contribution < -0.4 is 10.6 Å². The predicted octanol–water partition coefficient (Wildman–Crippen LogP) is 0.860. The molecule has 0 aromatic carbocycles. The maximum Gasteiger partial charge on any atom is 0.337 e. The maximum absolute atomic E-state index is 12.1. The summed E-state index contributed by atoms with van der Waals surface area (Å²) in [4.78, 5) is 26.7. The van der Waals surface area contributed by atoms with Gasteiger partial charge in [-0.05, 0) is 32.4 Å². The van der Waals surface area contributed by atoms with E-state index in [9.17, 15) is 9.59 Å². The molecular formula is C12H15N3O3. The Kier molecular flexibility index (Phi) is 3.29. The number of carbonyl (C=O) groups excluding carboxylic acids is 1. The second kappa shape index (κ2) is 4.73. The van der Waals surface area contributed by atoms with Crippen LogP contribution >= 0.6 is 0 Å². The van der Waals surface area contributed by atoms with E-state index in [0.29, 0.717) is 5.69 Å². The number of carboxylic acid groups (broad SMARTS) is 1. The summed E-state index contributed by atoms with van der Waals surface area (Å²) in [5.41, 5.74) is -0.133. The fourth-order valence-corrected chi connectivity index (χ4v) is 1.98. The summed E-state index contributed by atoms with van der Waals surface area (Å²) < 4.78 is 0. The number of carboxylic acids is 1. The average molecular weight is 249 g/mol. The molecule has 0 radical (unpaired) electrons. The molecule has 1 fully saturated rings. The Hall–Kier alpha value is -1.95. The SMILES string of the molecule is CC1(C(=O)Nc2cncc(C(=O)O)c2)CCCN1. The topological polar surface area (TPSA) is 91.3 Å². The first kappa shape index (κ1) is 12.5. The quantitative estimate of drug-likeness (QED) is 0.739. The van der Waals surface area contributed by atoms with Crippen molar-refractivity contribution in [2.24, 2.45) is 0 Å². The Labute approximate surface area is 104 Å². The summed E-state index contributed by atoms with van der Waals surface area (Å²) in [7, 11) is 0. The van der Waals surface area contributed by atoms with Crippen molar-refractivity contribution >= 4 is 17.6 Å². The van der Waals surface area contributed by atoms with Gasteiger partial charge >= 0.3 is 5.97 Å². The van der Waals surface area contributed by atoms with E-state index in [1.54, 1.807) is 0 Å². The van der Waals surface area contributed by atoms with Crippen molar-refractivity contribution in [1.29, 1.82) is 0 Å². The summed E-state index contributed by atoms with van der Waals surface area (Å²) in [6, 6.07) is 1.39. The highest BCUT2D eigenvalue weighted by atomic mass is 16.4. The molecule has 6 heteroatoms. The van der Waals surface area contributed by atoms with Crippen molar-refractivity contribution < 1.29 is 14.7 Å². The minimum absolute atomic E-state index is 0.0531. The summed E-state index contributed by atoms with van der Waals surface area (Å²) in [5.74, 6) is -1.23. The van der Waals surface area contributed by atoms with E-state index in [0.717, 1.165) is 19.4 Å². The van der Waals surface area contributed by atoms with Crippen LogP contribution in [0.15, 0.2) is 18.5 Å². The Morgan fingerprint density at radius 3 is 2.89 bits per heavy atom. The van der Waals surface area contributed by atoms with Crippen LogP contribution in [0.1, 0.15) is 30.1 Å². The van der Waals surface area contributed by atoms with E-state index in [4.69, 9.17) is 5.11 Å².